The van der Waals surface area contributed by atoms with Gasteiger partial charge in [0.2, 0.25) is 0 Å². The summed E-state index contributed by atoms with van der Waals surface area (Å²) in [6.45, 7) is 0.254. The van der Waals surface area contributed by atoms with E-state index in [0.717, 1.165) is 11.6 Å². The predicted octanol–water partition coefficient (Wildman–Crippen LogP) is 4.95. The van der Waals surface area contributed by atoms with Gasteiger partial charge in [-0.3, -0.25) is 14.9 Å². The molecule has 0 heterocycles. The maximum absolute atomic E-state index is 12.5. The van der Waals surface area contributed by atoms with Crippen LogP contribution in [0.4, 0.5) is 11.4 Å². The van der Waals surface area contributed by atoms with Gasteiger partial charge in [0.1, 0.15) is 12.4 Å². The van der Waals surface area contributed by atoms with Gasteiger partial charge in [-0.25, -0.2) is 0 Å². The number of nitriles is 1. The fourth-order valence-electron chi connectivity index (χ4n) is 2.56. The van der Waals surface area contributed by atoms with Crippen LogP contribution < -0.4 is 10.1 Å². The fourth-order valence-corrected chi connectivity index (χ4v) is 2.76. The summed E-state index contributed by atoms with van der Waals surface area (Å²) in [6.07, 6.45) is 0. The predicted molar refractivity (Wildman–Crippen MR) is 108 cm³/mol. The number of hydrogen-bond donors (Lipinski definition) is 1. The van der Waals surface area contributed by atoms with Crippen molar-refractivity contribution in [1.82, 2.24) is 0 Å². The van der Waals surface area contributed by atoms with Gasteiger partial charge in [-0.1, -0.05) is 29.8 Å². The molecule has 0 aliphatic rings. The van der Waals surface area contributed by atoms with Gasteiger partial charge >= 0.3 is 0 Å². The molecule has 0 unspecified atom stereocenters. The second-order valence-electron chi connectivity index (χ2n) is 6.00. The number of nitro groups is 1. The van der Waals surface area contributed by atoms with Gasteiger partial charge in [-0.15, -0.1) is 0 Å². The van der Waals surface area contributed by atoms with E-state index in [1.807, 2.05) is 6.07 Å². The van der Waals surface area contributed by atoms with Crippen LogP contribution in [0.15, 0.2) is 66.7 Å². The summed E-state index contributed by atoms with van der Waals surface area (Å²) in [5.74, 6) is -0.0622. The lowest BCUT2D eigenvalue weighted by Gasteiger charge is -2.10. The standard InChI is InChI=1S/C21H14ClN3O4/c22-20-8-7-17(25(27)28)11-19(20)21(26)24-16-5-2-6-18(10-16)29-13-15-4-1-3-14(9-15)12-23/h1-11H,13H2,(H,24,26). The number of amides is 1. The number of nitrogens with zero attached hydrogens (tertiary/aromatic N) is 2. The van der Waals surface area contributed by atoms with E-state index in [4.69, 9.17) is 21.6 Å². The average molecular weight is 408 g/mol. The van der Waals surface area contributed by atoms with Crippen molar-refractivity contribution in [1.29, 1.82) is 5.26 Å². The quantitative estimate of drug-likeness (QED) is 0.459. The van der Waals surface area contributed by atoms with Crippen LogP contribution in [0.5, 0.6) is 5.75 Å². The Hall–Kier alpha value is -3.89. The largest absolute Gasteiger partial charge is 0.489 e. The van der Waals surface area contributed by atoms with Crippen LogP contribution in [0, 0.1) is 21.4 Å². The average Bonchev–Trinajstić information content (AvgIpc) is 2.72. The van der Waals surface area contributed by atoms with E-state index in [-0.39, 0.29) is 22.9 Å². The number of benzene rings is 3. The van der Waals surface area contributed by atoms with Gasteiger partial charge in [0.25, 0.3) is 11.6 Å². The third kappa shape index (κ3) is 5.09. The maximum atomic E-state index is 12.5. The number of ether oxygens (including phenoxy) is 1. The monoisotopic (exact) mass is 407 g/mol. The van der Waals surface area contributed by atoms with Gasteiger partial charge < -0.3 is 10.1 Å². The number of nitro benzene ring substituents is 1. The van der Waals surface area contributed by atoms with Crippen LogP contribution >= 0.6 is 11.6 Å². The van der Waals surface area contributed by atoms with E-state index in [2.05, 4.69) is 11.4 Å². The Morgan fingerprint density at radius 3 is 2.69 bits per heavy atom. The number of halogens is 1. The van der Waals surface area contributed by atoms with Crippen LogP contribution in [-0.4, -0.2) is 10.8 Å². The zero-order chi connectivity index (χ0) is 20.8. The summed E-state index contributed by atoms with van der Waals surface area (Å²) in [7, 11) is 0. The first kappa shape index (κ1) is 19.9. The first-order valence-corrected chi connectivity index (χ1v) is 8.81. The highest BCUT2D eigenvalue weighted by Crippen LogP contribution is 2.24. The van der Waals surface area contributed by atoms with Crippen molar-refractivity contribution in [3.8, 4) is 11.8 Å². The molecule has 29 heavy (non-hydrogen) atoms. The van der Waals surface area contributed by atoms with Gasteiger partial charge in [0, 0.05) is 23.9 Å². The van der Waals surface area contributed by atoms with E-state index in [1.165, 1.54) is 12.1 Å². The number of nitrogens with one attached hydrogen (secondary N) is 1. The van der Waals surface area contributed by atoms with Crippen molar-refractivity contribution >= 4 is 28.9 Å². The molecule has 0 fully saturated rings. The van der Waals surface area contributed by atoms with Crippen LogP contribution in [-0.2, 0) is 6.61 Å². The molecule has 144 valence electrons. The first-order chi connectivity index (χ1) is 14.0. The number of anilines is 1. The highest BCUT2D eigenvalue weighted by atomic mass is 35.5. The lowest BCUT2D eigenvalue weighted by molar-refractivity contribution is -0.384. The van der Waals surface area contributed by atoms with Crippen LogP contribution in [0.1, 0.15) is 21.5 Å². The summed E-state index contributed by atoms with van der Waals surface area (Å²) in [6, 6.07) is 19.5. The van der Waals surface area contributed by atoms with Crippen LogP contribution in [0.2, 0.25) is 5.02 Å². The third-order valence-corrected chi connectivity index (χ3v) is 4.29. The van der Waals surface area contributed by atoms with Crippen molar-refractivity contribution in [3.63, 3.8) is 0 Å². The minimum absolute atomic E-state index is 0.000469. The van der Waals surface area contributed by atoms with Crippen molar-refractivity contribution in [2.45, 2.75) is 6.61 Å². The zero-order valence-electron chi connectivity index (χ0n) is 15.0. The van der Waals surface area contributed by atoms with Crippen molar-refractivity contribution in [2.75, 3.05) is 5.32 Å². The Labute approximate surface area is 171 Å². The molecule has 3 aromatic carbocycles. The minimum atomic E-state index is -0.594. The van der Waals surface area contributed by atoms with Crippen LogP contribution in [0.3, 0.4) is 0 Å². The molecule has 0 aliphatic carbocycles. The number of hydrogen-bond acceptors (Lipinski definition) is 5. The smallest absolute Gasteiger partial charge is 0.270 e. The first-order valence-electron chi connectivity index (χ1n) is 8.43. The highest BCUT2D eigenvalue weighted by molar-refractivity contribution is 6.34. The summed E-state index contributed by atoms with van der Waals surface area (Å²) in [4.78, 5) is 22.8. The molecular formula is C21H14ClN3O4. The second-order valence-corrected chi connectivity index (χ2v) is 6.41. The van der Waals surface area contributed by atoms with E-state index >= 15 is 0 Å². The molecule has 3 aromatic rings. The molecule has 7 nitrogen and oxygen atoms in total. The van der Waals surface area contributed by atoms with E-state index in [1.54, 1.807) is 42.5 Å². The Bertz CT molecular complexity index is 1120. The topological polar surface area (TPSA) is 105 Å². The summed E-state index contributed by atoms with van der Waals surface area (Å²) < 4.78 is 5.72. The summed E-state index contributed by atoms with van der Waals surface area (Å²) >= 11 is 6.00. The third-order valence-electron chi connectivity index (χ3n) is 3.96. The molecule has 1 amide bonds. The molecule has 3 rings (SSSR count). The summed E-state index contributed by atoms with van der Waals surface area (Å²) in [5.41, 5.74) is 1.60. The van der Waals surface area contributed by atoms with Crippen molar-refractivity contribution < 1.29 is 14.5 Å². The second kappa shape index (κ2) is 8.87. The Kier molecular flexibility index (Phi) is 6.07. The molecule has 0 aromatic heterocycles. The molecule has 0 saturated carbocycles. The lowest BCUT2D eigenvalue weighted by Crippen LogP contribution is -2.13. The molecule has 0 aliphatic heterocycles. The molecule has 0 spiro atoms. The van der Waals surface area contributed by atoms with Crippen LogP contribution in [0.25, 0.3) is 0 Å². The molecule has 0 bridgehead atoms. The maximum Gasteiger partial charge on any atom is 0.270 e. The highest BCUT2D eigenvalue weighted by Gasteiger charge is 2.16. The number of non-ortho nitro benzene ring substituents is 1. The van der Waals surface area contributed by atoms with E-state index in [0.29, 0.717) is 17.0 Å². The van der Waals surface area contributed by atoms with Gasteiger partial charge in [-0.2, -0.15) is 5.26 Å². The normalized spacial score (nSPS) is 10.1. The molecular weight excluding hydrogens is 394 g/mol. The van der Waals surface area contributed by atoms with Gasteiger partial charge in [0.15, 0.2) is 0 Å². The summed E-state index contributed by atoms with van der Waals surface area (Å²) in [5, 5.41) is 22.6. The molecule has 0 radical (unpaired) electrons. The molecule has 0 atom stereocenters. The Balaban J connectivity index is 1.71. The number of rotatable bonds is 6. The van der Waals surface area contributed by atoms with Crippen molar-refractivity contribution in [3.05, 3.63) is 98.6 Å². The zero-order valence-corrected chi connectivity index (χ0v) is 15.7. The SMILES string of the molecule is N#Cc1cccc(COc2cccc(NC(=O)c3cc([N+](=O)[O-])ccc3Cl)c2)c1. The fraction of sp³-hybridized carbons (Fsp3) is 0.0476. The number of carbonyl (C=O) groups is 1. The van der Waals surface area contributed by atoms with Gasteiger partial charge in [0.05, 0.1) is 27.1 Å². The lowest BCUT2D eigenvalue weighted by atomic mass is 10.1. The number of carbonyl (C=O) groups excluding carboxylic acids is 1. The van der Waals surface area contributed by atoms with Crippen molar-refractivity contribution in [2.24, 2.45) is 0 Å². The Morgan fingerprint density at radius 1 is 1.14 bits per heavy atom. The molecule has 8 heteroatoms. The van der Waals surface area contributed by atoms with Gasteiger partial charge in [-0.05, 0) is 35.9 Å². The van der Waals surface area contributed by atoms with E-state index in [9.17, 15) is 14.9 Å². The van der Waals surface area contributed by atoms with E-state index < -0.39 is 10.8 Å². The Morgan fingerprint density at radius 2 is 1.93 bits per heavy atom. The molecule has 0 saturated heterocycles. The molecule has 1 N–H and O–H groups in total. The minimum Gasteiger partial charge on any atom is -0.489 e.